The molecule has 0 aromatic carbocycles. The normalized spacial score (nSPS) is 11.8. The molecule has 0 aromatic rings. The lowest BCUT2D eigenvalue weighted by Gasteiger charge is -2.17. The summed E-state index contributed by atoms with van der Waals surface area (Å²) < 4.78 is 28.8. The number of hydrogen-bond acceptors (Lipinski definition) is 5. The number of ether oxygens (including phenoxy) is 1. The van der Waals surface area contributed by atoms with Gasteiger partial charge in [0.25, 0.3) is 0 Å². The molecule has 0 heterocycles. The van der Waals surface area contributed by atoms with Crippen molar-refractivity contribution in [2.45, 2.75) is 13.3 Å². The molecule has 0 saturated heterocycles. The van der Waals surface area contributed by atoms with Gasteiger partial charge < -0.3 is 15.4 Å². The van der Waals surface area contributed by atoms with Crippen molar-refractivity contribution in [2.24, 2.45) is 0 Å². The van der Waals surface area contributed by atoms with E-state index in [1.807, 2.05) is 0 Å². The van der Waals surface area contributed by atoms with Gasteiger partial charge in [0.2, 0.25) is 15.9 Å². The van der Waals surface area contributed by atoms with E-state index in [2.05, 4.69) is 10.6 Å². The summed E-state index contributed by atoms with van der Waals surface area (Å²) in [4.78, 5) is 11.4. The maximum Gasteiger partial charge on any atom is 0.233 e. The van der Waals surface area contributed by atoms with Crippen molar-refractivity contribution in [1.29, 1.82) is 0 Å². The average Bonchev–Trinajstić information content (AvgIpc) is 2.33. The Morgan fingerprint density at radius 1 is 1.32 bits per heavy atom. The molecule has 0 atom stereocenters. The number of nitrogens with one attached hydrogen (secondary N) is 2. The number of hydrogen-bond donors (Lipinski definition) is 2. The van der Waals surface area contributed by atoms with Crippen LogP contribution in [-0.2, 0) is 19.6 Å². The Balaban J connectivity index is 3.65. The van der Waals surface area contributed by atoms with Gasteiger partial charge >= 0.3 is 0 Å². The van der Waals surface area contributed by atoms with Crippen molar-refractivity contribution in [1.82, 2.24) is 14.9 Å². The lowest BCUT2D eigenvalue weighted by atomic mass is 10.4. The molecule has 0 saturated carbocycles. The van der Waals surface area contributed by atoms with Crippen LogP contribution in [0.15, 0.2) is 0 Å². The minimum atomic E-state index is -3.14. The largest absolute Gasteiger partial charge is 0.383 e. The highest BCUT2D eigenvalue weighted by molar-refractivity contribution is 7.88. The van der Waals surface area contributed by atoms with Gasteiger partial charge in [-0.2, -0.15) is 0 Å². The molecule has 0 fully saturated rings. The van der Waals surface area contributed by atoms with Crippen LogP contribution in [0.5, 0.6) is 0 Å². The summed E-state index contributed by atoms with van der Waals surface area (Å²) in [5.41, 5.74) is 0. The van der Waals surface area contributed by atoms with Crippen molar-refractivity contribution in [3.05, 3.63) is 0 Å². The number of rotatable bonds is 11. The van der Waals surface area contributed by atoms with E-state index in [0.717, 1.165) is 0 Å². The van der Waals surface area contributed by atoms with Crippen LogP contribution in [0.3, 0.4) is 0 Å². The second-order valence-electron chi connectivity index (χ2n) is 4.13. The first-order valence-electron chi connectivity index (χ1n) is 6.33. The first-order valence-corrected chi connectivity index (χ1v) is 8.18. The molecule has 0 aliphatic heterocycles. The number of carbonyl (C=O) groups is 1. The van der Waals surface area contributed by atoms with E-state index in [9.17, 15) is 13.2 Å². The fourth-order valence-electron chi connectivity index (χ4n) is 1.48. The minimum Gasteiger partial charge on any atom is -0.383 e. The first kappa shape index (κ1) is 18.3. The third-order valence-corrected chi connectivity index (χ3v) is 3.88. The molecule has 0 aliphatic carbocycles. The van der Waals surface area contributed by atoms with Gasteiger partial charge in [-0.15, -0.1) is 0 Å². The van der Waals surface area contributed by atoms with Crippen LogP contribution in [0.1, 0.15) is 13.3 Å². The van der Waals surface area contributed by atoms with E-state index < -0.39 is 10.0 Å². The topological polar surface area (TPSA) is 87.7 Å². The molecular weight excluding hydrogens is 270 g/mol. The third-order valence-electron chi connectivity index (χ3n) is 2.50. The van der Waals surface area contributed by atoms with E-state index in [1.165, 1.54) is 10.6 Å². The molecular formula is C11H25N3O4S. The molecule has 1 amide bonds. The molecule has 114 valence electrons. The van der Waals surface area contributed by atoms with Crippen LogP contribution >= 0.6 is 0 Å². The lowest BCUT2D eigenvalue weighted by molar-refractivity contribution is -0.120. The minimum absolute atomic E-state index is 0.0986. The zero-order chi connectivity index (χ0) is 14.7. The molecule has 0 aromatic heterocycles. The predicted molar refractivity (Wildman–Crippen MR) is 74.5 cm³/mol. The Labute approximate surface area is 115 Å². The Bertz CT molecular complexity index is 346. The molecule has 0 bridgehead atoms. The van der Waals surface area contributed by atoms with Gasteiger partial charge in [0.1, 0.15) is 0 Å². The summed E-state index contributed by atoms with van der Waals surface area (Å²) in [6.45, 7) is 4.57. The molecule has 0 spiro atoms. The van der Waals surface area contributed by atoms with E-state index in [0.29, 0.717) is 39.2 Å². The fourth-order valence-corrected chi connectivity index (χ4v) is 2.41. The summed E-state index contributed by atoms with van der Waals surface area (Å²) >= 11 is 0. The highest BCUT2D eigenvalue weighted by atomic mass is 32.2. The van der Waals surface area contributed by atoms with Gasteiger partial charge in [0.15, 0.2) is 0 Å². The molecule has 2 N–H and O–H groups in total. The van der Waals surface area contributed by atoms with E-state index >= 15 is 0 Å². The second-order valence-corrected chi connectivity index (χ2v) is 6.11. The van der Waals surface area contributed by atoms with E-state index in [1.54, 1.807) is 14.0 Å². The highest BCUT2D eigenvalue weighted by Gasteiger charge is 2.13. The maximum absolute atomic E-state index is 11.4. The third kappa shape index (κ3) is 9.83. The van der Waals surface area contributed by atoms with Crippen LogP contribution in [0.2, 0.25) is 0 Å². The molecule has 0 unspecified atom stereocenters. The SMILES string of the molecule is CCN(CCCNC(=O)CNCCOC)S(C)(=O)=O. The molecule has 0 aliphatic rings. The van der Waals surface area contributed by atoms with Gasteiger partial charge in [-0.3, -0.25) is 4.79 Å². The first-order chi connectivity index (χ1) is 8.91. The van der Waals surface area contributed by atoms with Gasteiger partial charge in [-0.25, -0.2) is 12.7 Å². The van der Waals surface area contributed by atoms with Crippen molar-refractivity contribution in [3.63, 3.8) is 0 Å². The summed E-state index contributed by atoms with van der Waals surface area (Å²) in [5, 5.41) is 5.65. The van der Waals surface area contributed by atoms with Crippen LogP contribution in [0.4, 0.5) is 0 Å². The lowest BCUT2D eigenvalue weighted by Crippen LogP contribution is -2.37. The Kier molecular flexibility index (Phi) is 9.76. The summed E-state index contributed by atoms with van der Waals surface area (Å²) in [5.74, 6) is -0.0986. The number of amides is 1. The summed E-state index contributed by atoms with van der Waals surface area (Å²) in [6.07, 6.45) is 1.79. The van der Waals surface area contributed by atoms with Crippen LogP contribution < -0.4 is 10.6 Å². The molecule has 0 radical (unpaired) electrons. The zero-order valence-corrected chi connectivity index (χ0v) is 12.8. The standard InChI is InChI=1S/C11H25N3O4S/c1-4-14(19(3,16)17)8-5-6-13-11(15)10-12-7-9-18-2/h12H,4-10H2,1-3H3,(H,13,15). The predicted octanol–water partition coefficient (Wildman–Crippen LogP) is -0.990. The Morgan fingerprint density at radius 2 is 2.00 bits per heavy atom. The maximum atomic E-state index is 11.4. The zero-order valence-electron chi connectivity index (χ0n) is 11.9. The molecule has 7 nitrogen and oxygen atoms in total. The van der Waals surface area contributed by atoms with Gasteiger partial charge in [0.05, 0.1) is 19.4 Å². The quantitative estimate of drug-likeness (QED) is 0.478. The van der Waals surface area contributed by atoms with Crippen LogP contribution in [0, 0.1) is 0 Å². The highest BCUT2D eigenvalue weighted by Crippen LogP contribution is 1.97. The monoisotopic (exact) mass is 295 g/mol. The molecule has 0 rings (SSSR count). The van der Waals surface area contributed by atoms with Gasteiger partial charge in [0, 0.05) is 33.3 Å². The van der Waals surface area contributed by atoms with Gasteiger partial charge in [-0.05, 0) is 6.42 Å². The Hall–Kier alpha value is -0.700. The smallest absolute Gasteiger partial charge is 0.233 e. The number of methoxy groups -OCH3 is 1. The van der Waals surface area contributed by atoms with Gasteiger partial charge in [-0.1, -0.05) is 6.92 Å². The number of nitrogens with zero attached hydrogens (tertiary/aromatic N) is 1. The van der Waals surface area contributed by atoms with Crippen molar-refractivity contribution in [3.8, 4) is 0 Å². The summed E-state index contributed by atoms with van der Waals surface area (Å²) in [7, 11) is -1.54. The van der Waals surface area contributed by atoms with Crippen LogP contribution in [0.25, 0.3) is 0 Å². The van der Waals surface area contributed by atoms with Crippen molar-refractivity contribution in [2.75, 3.05) is 52.7 Å². The average molecular weight is 295 g/mol. The number of sulfonamides is 1. The summed E-state index contributed by atoms with van der Waals surface area (Å²) in [6, 6.07) is 0. The second kappa shape index (κ2) is 10.1. The van der Waals surface area contributed by atoms with Crippen molar-refractivity contribution >= 4 is 15.9 Å². The van der Waals surface area contributed by atoms with E-state index in [4.69, 9.17) is 4.74 Å². The van der Waals surface area contributed by atoms with E-state index in [-0.39, 0.29) is 12.5 Å². The molecule has 8 heteroatoms. The fraction of sp³-hybridized carbons (Fsp3) is 0.909. The Morgan fingerprint density at radius 3 is 2.53 bits per heavy atom. The van der Waals surface area contributed by atoms with Crippen molar-refractivity contribution < 1.29 is 17.9 Å². The van der Waals surface area contributed by atoms with Crippen LogP contribution in [-0.4, -0.2) is 71.3 Å². The number of carbonyl (C=O) groups excluding carboxylic acids is 1. The molecule has 19 heavy (non-hydrogen) atoms.